The second kappa shape index (κ2) is 6.29. The van der Waals surface area contributed by atoms with Crippen LogP contribution in [0.3, 0.4) is 0 Å². The van der Waals surface area contributed by atoms with E-state index in [0.29, 0.717) is 25.9 Å². The maximum atomic E-state index is 12.6. The molecule has 0 amide bonds. The van der Waals surface area contributed by atoms with Crippen LogP contribution in [0.2, 0.25) is 0 Å². The van der Waals surface area contributed by atoms with Crippen LogP contribution in [0.5, 0.6) is 0 Å². The van der Waals surface area contributed by atoms with Crippen LogP contribution in [0.25, 0.3) is 0 Å². The van der Waals surface area contributed by atoms with E-state index < -0.39 is 11.9 Å². The van der Waals surface area contributed by atoms with E-state index >= 15 is 0 Å². The molecule has 1 aromatic heterocycles. The molecule has 1 aliphatic rings. The minimum Gasteiger partial charge on any atom is -0.355 e. The molecular formula is C12H14ClF3N4. The van der Waals surface area contributed by atoms with Crippen LogP contribution in [0.15, 0.2) is 12.1 Å². The molecule has 0 spiro atoms. The average molecular weight is 307 g/mol. The normalized spacial score (nSPS) is 16.4. The number of pyridine rings is 1. The van der Waals surface area contributed by atoms with Crippen molar-refractivity contribution >= 4 is 18.2 Å². The molecule has 0 atom stereocenters. The SMILES string of the molecule is Cl.N#Cc1ccc(C(F)(F)F)nc1N1CCC(N)CC1. The molecule has 2 N–H and O–H groups in total. The van der Waals surface area contributed by atoms with Crippen molar-refractivity contribution in [3.63, 3.8) is 0 Å². The van der Waals surface area contributed by atoms with Gasteiger partial charge in [0.1, 0.15) is 17.6 Å². The topological polar surface area (TPSA) is 65.9 Å². The van der Waals surface area contributed by atoms with E-state index in [9.17, 15) is 13.2 Å². The van der Waals surface area contributed by atoms with E-state index in [2.05, 4.69) is 4.98 Å². The Morgan fingerprint density at radius 1 is 1.30 bits per heavy atom. The van der Waals surface area contributed by atoms with Crippen LogP contribution < -0.4 is 10.6 Å². The summed E-state index contributed by atoms with van der Waals surface area (Å²) in [6, 6.07) is 3.94. The van der Waals surface area contributed by atoms with Gasteiger partial charge in [0, 0.05) is 19.1 Å². The van der Waals surface area contributed by atoms with Gasteiger partial charge < -0.3 is 10.6 Å². The van der Waals surface area contributed by atoms with Crippen LogP contribution >= 0.6 is 12.4 Å². The number of nitrogens with zero attached hydrogens (tertiary/aromatic N) is 3. The van der Waals surface area contributed by atoms with Crippen LogP contribution in [0, 0.1) is 11.3 Å². The number of rotatable bonds is 1. The van der Waals surface area contributed by atoms with E-state index in [0.717, 1.165) is 6.07 Å². The second-order valence-corrected chi connectivity index (χ2v) is 4.50. The number of nitrogens with two attached hydrogens (primary N) is 1. The number of nitriles is 1. The Bertz CT molecular complexity index is 504. The first-order chi connectivity index (χ1) is 8.91. The molecule has 20 heavy (non-hydrogen) atoms. The molecule has 0 aromatic carbocycles. The lowest BCUT2D eigenvalue weighted by Crippen LogP contribution is -2.40. The predicted molar refractivity (Wildman–Crippen MR) is 70.6 cm³/mol. The lowest BCUT2D eigenvalue weighted by atomic mass is 10.1. The Morgan fingerprint density at radius 2 is 1.90 bits per heavy atom. The highest BCUT2D eigenvalue weighted by molar-refractivity contribution is 5.85. The number of anilines is 1. The standard InChI is InChI=1S/C12H13F3N4.ClH/c13-12(14,15)10-2-1-8(7-16)11(18-10)19-5-3-9(17)4-6-19;/h1-2,9H,3-6,17H2;1H. The first kappa shape index (κ1) is 16.5. The van der Waals surface area contributed by atoms with Gasteiger partial charge in [-0.15, -0.1) is 12.4 Å². The van der Waals surface area contributed by atoms with Gasteiger partial charge in [-0.05, 0) is 25.0 Å². The molecule has 0 unspecified atom stereocenters. The molecule has 2 heterocycles. The fourth-order valence-electron chi connectivity index (χ4n) is 2.05. The summed E-state index contributed by atoms with van der Waals surface area (Å²) in [5, 5.41) is 8.97. The maximum Gasteiger partial charge on any atom is 0.433 e. The number of aromatic nitrogens is 1. The first-order valence-electron chi connectivity index (χ1n) is 5.90. The highest BCUT2D eigenvalue weighted by Crippen LogP contribution is 2.31. The molecule has 1 fully saturated rings. The molecule has 1 aliphatic heterocycles. The van der Waals surface area contributed by atoms with Crippen LogP contribution in [-0.4, -0.2) is 24.1 Å². The number of piperidine rings is 1. The van der Waals surface area contributed by atoms with Gasteiger partial charge in [0.15, 0.2) is 0 Å². The van der Waals surface area contributed by atoms with E-state index in [1.165, 1.54) is 6.07 Å². The molecule has 1 saturated heterocycles. The fourth-order valence-corrected chi connectivity index (χ4v) is 2.05. The summed E-state index contributed by atoms with van der Waals surface area (Å²) in [5.74, 6) is 0.101. The summed E-state index contributed by atoms with van der Waals surface area (Å²) in [5.41, 5.74) is 4.93. The van der Waals surface area contributed by atoms with E-state index in [-0.39, 0.29) is 29.8 Å². The van der Waals surface area contributed by atoms with Crippen molar-refractivity contribution in [2.75, 3.05) is 18.0 Å². The van der Waals surface area contributed by atoms with Crippen molar-refractivity contribution < 1.29 is 13.2 Å². The zero-order valence-corrected chi connectivity index (χ0v) is 11.3. The molecule has 0 bridgehead atoms. The molecule has 0 aliphatic carbocycles. The maximum absolute atomic E-state index is 12.6. The van der Waals surface area contributed by atoms with Crippen LogP contribution in [0.1, 0.15) is 24.1 Å². The summed E-state index contributed by atoms with van der Waals surface area (Å²) in [6.07, 6.45) is -3.14. The molecule has 110 valence electrons. The Morgan fingerprint density at radius 3 is 2.40 bits per heavy atom. The zero-order valence-electron chi connectivity index (χ0n) is 10.5. The minimum absolute atomic E-state index is 0. The van der Waals surface area contributed by atoms with E-state index in [1.54, 1.807) is 4.90 Å². The third-order valence-corrected chi connectivity index (χ3v) is 3.13. The lowest BCUT2D eigenvalue weighted by Gasteiger charge is -2.31. The minimum atomic E-state index is -4.51. The van der Waals surface area contributed by atoms with Gasteiger partial charge in [0.05, 0.1) is 5.56 Å². The molecular weight excluding hydrogens is 293 g/mol. The van der Waals surface area contributed by atoms with Gasteiger partial charge in [-0.2, -0.15) is 18.4 Å². The predicted octanol–water partition coefficient (Wildman–Crippen LogP) is 2.32. The molecule has 8 heteroatoms. The summed E-state index contributed by atoms with van der Waals surface area (Å²) >= 11 is 0. The third-order valence-electron chi connectivity index (χ3n) is 3.13. The van der Waals surface area contributed by atoms with E-state index in [1.807, 2.05) is 6.07 Å². The Hall–Kier alpha value is -1.52. The van der Waals surface area contributed by atoms with Gasteiger partial charge in [-0.3, -0.25) is 0 Å². The highest BCUT2D eigenvalue weighted by atomic mass is 35.5. The van der Waals surface area contributed by atoms with Gasteiger partial charge in [-0.1, -0.05) is 0 Å². The average Bonchev–Trinajstić information content (AvgIpc) is 2.38. The van der Waals surface area contributed by atoms with Crippen molar-refractivity contribution in [3.05, 3.63) is 23.4 Å². The molecule has 0 radical (unpaired) electrons. The smallest absolute Gasteiger partial charge is 0.355 e. The highest BCUT2D eigenvalue weighted by Gasteiger charge is 2.34. The van der Waals surface area contributed by atoms with Crippen molar-refractivity contribution in [1.29, 1.82) is 5.26 Å². The number of hydrogen-bond acceptors (Lipinski definition) is 4. The number of halogens is 4. The Labute approximate surface area is 120 Å². The van der Waals surface area contributed by atoms with Gasteiger partial charge in [-0.25, -0.2) is 4.98 Å². The summed E-state index contributed by atoms with van der Waals surface area (Å²) < 4.78 is 37.9. The third kappa shape index (κ3) is 3.52. The number of alkyl halides is 3. The van der Waals surface area contributed by atoms with Gasteiger partial charge in [0.2, 0.25) is 0 Å². The fraction of sp³-hybridized carbons (Fsp3) is 0.500. The first-order valence-corrected chi connectivity index (χ1v) is 5.90. The van der Waals surface area contributed by atoms with Crippen molar-refractivity contribution in [2.24, 2.45) is 5.73 Å². The second-order valence-electron chi connectivity index (χ2n) is 4.50. The van der Waals surface area contributed by atoms with Crippen LogP contribution in [0.4, 0.5) is 19.0 Å². The van der Waals surface area contributed by atoms with Crippen LogP contribution in [-0.2, 0) is 6.18 Å². The van der Waals surface area contributed by atoms with Gasteiger partial charge in [0.25, 0.3) is 0 Å². The summed E-state index contributed by atoms with van der Waals surface area (Å²) in [6.45, 7) is 1.04. The molecule has 0 saturated carbocycles. The molecule has 1 aromatic rings. The van der Waals surface area contributed by atoms with Crippen molar-refractivity contribution in [2.45, 2.75) is 25.1 Å². The monoisotopic (exact) mass is 306 g/mol. The summed E-state index contributed by atoms with van der Waals surface area (Å²) in [4.78, 5) is 5.29. The van der Waals surface area contributed by atoms with Crippen molar-refractivity contribution in [1.82, 2.24) is 4.98 Å². The van der Waals surface area contributed by atoms with Crippen molar-refractivity contribution in [3.8, 4) is 6.07 Å². The lowest BCUT2D eigenvalue weighted by molar-refractivity contribution is -0.141. The van der Waals surface area contributed by atoms with Gasteiger partial charge >= 0.3 is 6.18 Å². The molecule has 2 rings (SSSR count). The van der Waals surface area contributed by atoms with E-state index in [4.69, 9.17) is 11.0 Å². The largest absolute Gasteiger partial charge is 0.433 e. The Kier molecular flexibility index (Phi) is 5.20. The summed E-state index contributed by atoms with van der Waals surface area (Å²) in [7, 11) is 0. The zero-order chi connectivity index (χ0) is 14.0. The quantitative estimate of drug-likeness (QED) is 0.864. The molecule has 4 nitrogen and oxygen atoms in total. The Balaban J connectivity index is 0.00000200. The number of hydrogen-bond donors (Lipinski definition) is 1.